The van der Waals surface area contributed by atoms with Crippen molar-refractivity contribution < 1.29 is 4.79 Å². The van der Waals surface area contributed by atoms with Crippen molar-refractivity contribution in [3.05, 3.63) is 47.5 Å². The molecule has 94 valence electrons. The number of nitrogens with zero attached hydrogens (tertiary/aromatic N) is 1. The number of thioether (sulfide) groups is 1. The van der Waals surface area contributed by atoms with Crippen molar-refractivity contribution in [3.63, 3.8) is 0 Å². The number of H-pyrrole nitrogens is 1. The molecule has 0 saturated carbocycles. The number of imidazole rings is 1. The molecule has 1 aromatic heterocycles. The average Bonchev–Trinajstić information content (AvgIpc) is 2.81. The maximum Gasteiger partial charge on any atom is 0.252 e. The van der Waals surface area contributed by atoms with Gasteiger partial charge >= 0.3 is 0 Å². The summed E-state index contributed by atoms with van der Waals surface area (Å²) in [4.78, 5) is 20.2. The van der Waals surface area contributed by atoms with Gasteiger partial charge < -0.3 is 10.3 Å². The van der Waals surface area contributed by atoms with Crippen molar-refractivity contribution in [1.29, 1.82) is 0 Å². The van der Waals surface area contributed by atoms with Gasteiger partial charge in [-0.1, -0.05) is 12.1 Å². The Bertz CT molecular complexity index is 551. The number of carbonyl (C=O) groups is 1. The number of amides is 1. The third kappa shape index (κ3) is 2.92. The molecule has 2 aromatic rings. The molecule has 4 nitrogen and oxygen atoms in total. The van der Waals surface area contributed by atoms with Crippen LogP contribution in [-0.4, -0.2) is 22.1 Å². The number of carbonyl (C=O) groups excluding carboxylic acids is 1. The third-order valence-electron chi connectivity index (χ3n) is 2.52. The highest BCUT2D eigenvalue weighted by Crippen LogP contribution is 2.19. The monoisotopic (exact) mass is 261 g/mol. The van der Waals surface area contributed by atoms with Gasteiger partial charge in [-0.3, -0.25) is 4.79 Å². The first-order chi connectivity index (χ1) is 8.70. The fourth-order valence-electron chi connectivity index (χ4n) is 1.65. The summed E-state index contributed by atoms with van der Waals surface area (Å²) in [5, 5.41) is 2.86. The second-order valence-electron chi connectivity index (χ2n) is 3.90. The summed E-state index contributed by atoms with van der Waals surface area (Å²) in [5.41, 5.74) is 1.69. The van der Waals surface area contributed by atoms with Gasteiger partial charge in [0.2, 0.25) is 0 Å². The van der Waals surface area contributed by atoms with Gasteiger partial charge in [-0.05, 0) is 25.3 Å². The maximum atomic E-state index is 12.0. The fraction of sp³-hybridized carbons (Fsp3) is 0.231. The zero-order chi connectivity index (χ0) is 13.0. The predicted octanol–water partition coefficient (Wildman–Crippen LogP) is 2.37. The number of hydrogen-bond donors (Lipinski definition) is 2. The van der Waals surface area contributed by atoms with Gasteiger partial charge in [0, 0.05) is 16.8 Å². The summed E-state index contributed by atoms with van der Waals surface area (Å²) in [7, 11) is 0. The van der Waals surface area contributed by atoms with E-state index in [0.29, 0.717) is 12.1 Å². The highest BCUT2D eigenvalue weighted by Gasteiger charge is 2.10. The molecule has 0 aliphatic heterocycles. The maximum absolute atomic E-state index is 12.0. The van der Waals surface area contributed by atoms with Crippen LogP contribution in [0.1, 0.15) is 21.9 Å². The minimum absolute atomic E-state index is 0.0750. The quantitative estimate of drug-likeness (QED) is 0.831. The minimum atomic E-state index is -0.0750. The van der Waals surface area contributed by atoms with Gasteiger partial charge in [-0.25, -0.2) is 4.98 Å². The van der Waals surface area contributed by atoms with Crippen LogP contribution in [0.5, 0.6) is 0 Å². The summed E-state index contributed by atoms with van der Waals surface area (Å²) >= 11 is 1.57. The van der Waals surface area contributed by atoms with Gasteiger partial charge in [-0.15, -0.1) is 11.8 Å². The Morgan fingerprint density at radius 2 is 2.22 bits per heavy atom. The third-order valence-corrected chi connectivity index (χ3v) is 3.32. The number of aromatic nitrogens is 2. The largest absolute Gasteiger partial charge is 0.345 e. The lowest BCUT2D eigenvalue weighted by Crippen LogP contribution is -2.23. The summed E-state index contributed by atoms with van der Waals surface area (Å²) in [5.74, 6) is 0.691. The van der Waals surface area contributed by atoms with Crippen molar-refractivity contribution >= 4 is 17.7 Å². The molecule has 0 atom stereocenters. The Morgan fingerprint density at radius 3 is 2.89 bits per heavy atom. The molecule has 1 heterocycles. The number of hydrogen-bond acceptors (Lipinski definition) is 3. The topological polar surface area (TPSA) is 57.8 Å². The lowest BCUT2D eigenvalue weighted by atomic mass is 10.2. The molecule has 1 aromatic carbocycles. The first-order valence-corrected chi connectivity index (χ1v) is 6.85. The molecule has 0 unspecified atom stereocenters. The van der Waals surface area contributed by atoms with Crippen molar-refractivity contribution in [3.8, 4) is 0 Å². The number of aryl methyl sites for hydroxylation is 1. The highest BCUT2D eigenvalue weighted by molar-refractivity contribution is 7.98. The molecule has 0 saturated heterocycles. The van der Waals surface area contributed by atoms with E-state index in [0.717, 1.165) is 16.4 Å². The van der Waals surface area contributed by atoms with Crippen LogP contribution < -0.4 is 5.32 Å². The van der Waals surface area contributed by atoms with E-state index >= 15 is 0 Å². The Hall–Kier alpha value is -1.75. The minimum Gasteiger partial charge on any atom is -0.345 e. The highest BCUT2D eigenvalue weighted by atomic mass is 32.2. The molecule has 0 aliphatic carbocycles. The second kappa shape index (κ2) is 5.73. The molecule has 0 radical (unpaired) electrons. The van der Waals surface area contributed by atoms with Crippen LogP contribution in [-0.2, 0) is 6.54 Å². The van der Waals surface area contributed by atoms with E-state index in [4.69, 9.17) is 0 Å². The summed E-state index contributed by atoms with van der Waals surface area (Å²) < 4.78 is 0. The fourth-order valence-corrected chi connectivity index (χ4v) is 2.24. The Kier molecular flexibility index (Phi) is 4.04. The average molecular weight is 261 g/mol. The van der Waals surface area contributed by atoms with Gasteiger partial charge in [0.25, 0.3) is 5.91 Å². The lowest BCUT2D eigenvalue weighted by Gasteiger charge is -2.07. The van der Waals surface area contributed by atoms with Gasteiger partial charge in [0.05, 0.1) is 12.1 Å². The number of nitrogens with one attached hydrogen (secondary N) is 2. The number of rotatable bonds is 4. The molecule has 18 heavy (non-hydrogen) atoms. The molecule has 1 amide bonds. The lowest BCUT2D eigenvalue weighted by molar-refractivity contribution is 0.0947. The Labute approximate surface area is 110 Å². The summed E-state index contributed by atoms with van der Waals surface area (Å²) in [6.07, 6.45) is 3.71. The molecule has 0 fully saturated rings. The van der Waals surface area contributed by atoms with Crippen LogP contribution in [0.4, 0.5) is 0 Å². The molecule has 0 bridgehead atoms. The number of benzene rings is 1. The first-order valence-electron chi connectivity index (χ1n) is 5.62. The summed E-state index contributed by atoms with van der Waals surface area (Å²) in [6, 6.07) is 7.56. The van der Waals surface area contributed by atoms with Crippen LogP contribution in [0.2, 0.25) is 0 Å². The van der Waals surface area contributed by atoms with Crippen molar-refractivity contribution in [1.82, 2.24) is 15.3 Å². The van der Waals surface area contributed by atoms with Crippen LogP contribution in [0, 0.1) is 6.92 Å². The van der Waals surface area contributed by atoms with Crippen LogP contribution in [0.25, 0.3) is 0 Å². The van der Waals surface area contributed by atoms with E-state index in [1.165, 1.54) is 0 Å². The zero-order valence-electron chi connectivity index (χ0n) is 10.4. The van der Waals surface area contributed by atoms with Gasteiger partial charge in [-0.2, -0.15) is 0 Å². The molecular weight excluding hydrogens is 246 g/mol. The molecular formula is C13H15N3OS. The Balaban J connectivity index is 2.03. The smallest absolute Gasteiger partial charge is 0.252 e. The molecule has 0 aliphatic rings. The van der Waals surface area contributed by atoms with Crippen LogP contribution in [0.3, 0.4) is 0 Å². The molecule has 2 N–H and O–H groups in total. The standard InChI is InChI=1S/C13H15N3OS/c1-9-7-14-12(16-9)8-15-13(17)10-5-3-4-6-11(10)18-2/h3-7H,8H2,1-2H3,(H,14,16)(H,15,17). The molecule has 5 heteroatoms. The van der Waals surface area contributed by atoms with E-state index in [1.807, 2.05) is 37.4 Å². The zero-order valence-corrected chi connectivity index (χ0v) is 11.2. The van der Waals surface area contributed by atoms with Crippen molar-refractivity contribution in [2.75, 3.05) is 6.26 Å². The molecule has 0 spiro atoms. The van der Waals surface area contributed by atoms with Gasteiger partial charge in [0.1, 0.15) is 5.82 Å². The van der Waals surface area contributed by atoms with Crippen molar-refractivity contribution in [2.24, 2.45) is 0 Å². The van der Waals surface area contributed by atoms with Crippen LogP contribution >= 0.6 is 11.8 Å². The first kappa shape index (κ1) is 12.7. The van der Waals surface area contributed by atoms with Crippen LogP contribution in [0.15, 0.2) is 35.4 Å². The van der Waals surface area contributed by atoms with E-state index in [9.17, 15) is 4.79 Å². The van der Waals surface area contributed by atoms with Crippen molar-refractivity contribution in [2.45, 2.75) is 18.4 Å². The molecule has 2 rings (SSSR count). The van der Waals surface area contributed by atoms with E-state index in [2.05, 4.69) is 15.3 Å². The SMILES string of the molecule is CSc1ccccc1C(=O)NCc1ncc(C)[nH]1. The normalized spacial score (nSPS) is 10.3. The number of aromatic amines is 1. The Morgan fingerprint density at radius 1 is 1.44 bits per heavy atom. The predicted molar refractivity (Wildman–Crippen MR) is 72.7 cm³/mol. The van der Waals surface area contributed by atoms with E-state index in [-0.39, 0.29) is 5.91 Å². The second-order valence-corrected chi connectivity index (χ2v) is 4.74. The van der Waals surface area contributed by atoms with E-state index in [1.54, 1.807) is 18.0 Å². The van der Waals surface area contributed by atoms with Gasteiger partial charge in [0.15, 0.2) is 0 Å². The van der Waals surface area contributed by atoms with E-state index < -0.39 is 0 Å². The summed E-state index contributed by atoms with van der Waals surface area (Å²) in [6.45, 7) is 2.34.